The van der Waals surface area contributed by atoms with Crippen LogP contribution in [-0.4, -0.2) is 38.9 Å². The third kappa shape index (κ3) is 4.53. The molecule has 1 unspecified atom stereocenters. The van der Waals surface area contributed by atoms with Gasteiger partial charge in [-0.25, -0.2) is 9.59 Å². The Morgan fingerprint density at radius 1 is 1.00 bits per heavy atom. The summed E-state index contributed by atoms with van der Waals surface area (Å²) in [5.74, 6) is -0.179. The number of hydrogen-bond donors (Lipinski definition) is 0. The minimum Gasteiger partial charge on any atom is -0.497 e. The zero-order chi connectivity index (χ0) is 19.1. The van der Waals surface area contributed by atoms with Crippen LogP contribution in [0.5, 0.6) is 5.75 Å². The minimum atomic E-state index is -0.472. The second kappa shape index (κ2) is 8.89. The first-order valence-electron chi connectivity index (χ1n) is 8.30. The number of ether oxygens (including phenoxy) is 3. The molecular formula is C20H23NO5. The molecule has 0 spiro atoms. The summed E-state index contributed by atoms with van der Waals surface area (Å²) < 4.78 is 15.5. The zero-order valence-corrected chi connectivity index (χ0v) is 15.4. The van der Waals surface area contributed by atoms with E-state index < -0.39 is 18.2 Å². The highest BCUT2D eigenvalue weighted by Crippen LogP contribution is 2.23. The van der Waals surface area contributed by atoms with Gasteiger partial charge in [0.1, 0.15) is 5.75 Å². The van der Waals surface area contributed by atoms with Crippen molar-refractivity contribution in [3.8, 4) is 5.75 Å². The molecular weight excluding hydrogens is 334 g/mol. The lowest BCUT2D eigenvalue weighted by atomic mass is 10.1. The SMILES string of the molecule is CCN(c1cccc(OC)c1)C(C)OC(=O)c1ccc(C(=O)OC)cc1. The van der Waals surface area contributed by atoms with Crippen LogP contribution in [0.1, 0.15) is 34.6 Å². The van der Waals surface area contributed by atoms with Crippen LogP contribution in [0.25, 0.3) is 0 Å². The molecule has 0 radical (unpaired) electrons. The van der Waals surface area contributed by atoms with Crippen LogP contribution in [0.3, 0.4) is 0 Å². The van der Waals surface area contributed by atoms with Gasteiger partial charge in [-0.2, -0.15) is 0 Å². The second-order valence-corrected chi connectivity index (χ2v) is 5.56. The van der Waals surface area contributed by atoms with Crippen LogP contribution < -0.4 is 9.64 Å². The Kier molecular flexibility index (Phi) is 6.60. The molecule has 6 heteroatoms. The summed E-state index contributed by atoms with van der Waals surface area (Å²) >= 11 is 0. The monoisotopic (exact) mass is 357 g/mol. The predicted molar refractivity (Wildman–Crippen MR) is 98.7 cm³/mol. The summed E-state index contributed by atoms with van der Waals surface area (Å²) in [6.07, 6.45) is -0.472. The molecule has 0 aliphatic carbocycles. The number of anilines is 1. The molecule has 138 valence electrons. The van der Waals surface area contributed by atoms with E-state index in [1.165, 1.54) is 19.2 Å². The molecule has 0 bridgehead atoms. The van der Waals surface area contributed by atoms with Gasteiger partial charge in [-0.05, 0) is 50.2 Å². The topological polar surface area (TPSA) is 65.1 Å². The van der Waals surface area contributed by atoms with Gasteiger partial charge in [0.25, 0.3) is 0 Å². The zero-order valence-electron chi connectivity index (χ0n) is 15.4. The van der Waals surface area contributed by atoms with Crippen LogP contribution in [0.2, 0.25) is 0 Å². The molecule has 0 N–H and O–H groups in total. The van der Waals surface area contributed by atoms with E-state index in [1.54, 1.807) is 19.2 Å². The van der Waals surface area contributed by atoms with Gasteiger partial charge < -0.3 is 19.1 Å². The lowest BCUT2D eigenvalue weighted by Crippen LogP contribution is -2.36. The fourth-order valence-electron chi connectivity index (χ4n) is 2.59. The van der Waals surface area contributed by atoms with Crippen LogP contribution >= 0.6 is 0 Å². The quantitative estimate of drug-likeness (QED) is 0.558. The first kappa shape index (κ1) is 19.3. The van der Waals surface area contributed by atoms with Gasteiger partial charge in [-0.1, -0.05) is 6.07 Å². The average Bonchev–Trinajstić information content (AvgIpc) is 2.68. The van der Waals surface area contributed by atoms with Gasteiger partial charge in [0.05, 0.1) is 25.3 Å². The molecule has 2 rings (SSSR count). The fraction of sp³-hybridized carbons (Fsp3) is 0.300. The summed E-state index contributed by atoms with van der Waals surface area (Å²) in [4.78, 5) is 25.8. The summed E-state index contributed by atoms with van der Waals surface area (Å²) in [5, 5.41) is 0. The Labute approximate surface area is 153 Å². The van der Waals surface area contributed by atoms with E-state index in [0.717, 1.165) is 11.4 Å². The highest BCUT2D eigenvalue weighted by molar-refractivity contribution is 5.93. The molecule has 2 aromatic carbocycles. The van der Waals surface area contributed by atoms with Crippen LogP contribution in [0.4, 0.5) is 5.69 Å². The maximum Gasteiger partial charge on any atom is 0.340 e. The van der Waals surface area contributed by atoms with E-state index in [2.05, 4.69) is 4.74 Å². The van der Waals surface area contributed by atoms with Gasteiger partial charge in [0, 0.05) is 18.3 Å². The van der Waals surface area contributed by atoms with Gasteiger partial charge in [-0.15, -0.1) is 0 Å². The Hall–Kier alpha value is -3.02. The summed E-state index contributed by atoms with van der Waals surface area (Å²) in [6, 6.07) is 13.7. The highest BCUT2D eigenvalue weighted by Gasteiger charge is 2.19. The first-order chi connectivity index (χ1) is 12.5. The van der Waals surface area contributed by atoms with Gasteiger partial charge in [-0.3, -0.25) is 0 Å². The lowest BCUT2D eigenvalue weighted by molar-refractivity contribution is 0.0335. The predicted octanol–water partition coefficient (Wildman–Crippen LogP) is 3.51. The van der Waals surface area contributed by atoms with E-state index in [1.807, 2.05) is 43.0 Å². The van der Waals surface area contributed by atoms with Crippen molar-refractivity contribution < 1.29 is 23.8 Å². The van der Waals surface area contributed by atoms with Crippen molar-refractivity contribution >= 4 is 17.6 Å². The molecule has 0 saturated carbocycles. The van der Waals surface area contributed by atoms with Crippen molar-refractivity contribution in [2.24, 2.45) is 0 Å². The van der Waals surface area contributed by atoms with E-state index in [9.17, 15) is 9.59 Å². The molecule has 0 aromatic heterocycles. The van der Waals surface area contributed by atoms with Gasteiger partial charge in [0.15, 0.2) is 6.23 Å². The number of methoxy groups -OCH3 is 2. The molecule has 26 heavy (non-hydrogen) atoms. The molecule has 0 heterocycles. The highest BCUT2D eigenvalue weighted by atomic mass is 16.6. The third-order valence-corrected chi connectivity index (χ3v) is 3.98. The van der Waals surface area contributed by atoms with Crippen molar-refractivity contribution in [3.63, 3.8) is 0 Å². The Bertz CT molecular complexity index is 757. The van der Waals surface area contributed by atoms with Crippen LogP contribution in [-0.2, 0) is 9.47 Å². The van der Waals surface area contributed by atoms with E-state index >= 15 is 0 Å². The molecule has 2 aromatic rings. The first-order valence-corrected chi connectivity index (χ1v) is 8.30. The number of hydrogen-bond acceptors (Lipinski definition) is 6. The van der Waals surface area contributed by atoms with Crippen molar-refractivity contribution in [1.82, 2.24) is 0 Å². The second-order valence-electron chi connectivity index (χ2n) is 5.56. The van der Waals surface area contributed by atoms with Crippen LogP contribution in [0, 0.1) is 0 Å². The summed E-state index contributed by atoms with van der Waals surface area (Å²) in [7, 11) is 2.92. The maximum atomic E-state index is 12.4. The average molecular weight is 357 g/mol. The standard InChI is InChI=1S/C20H23NO5/c1-5-21(17-7-6-8-18(13-17)24-3)14(2)26-20(23)16-11-9-15(10-12-16)19(22)25-4/h6-14H,5H2,1-4H3. The molecule has 0 aliphatic heterocycles. The van der Waals surface area contributed by atoms with Gasteiger partial charge in [0.2, 0.25) is 0 Å². The lowest BCUT2D eigenvalue weighted by Gasteiger charge is -2.29. The molecule has 1 atom stereocenters. The van der Waals surface area contributed by atoms with E-state index in [-0.39, 0.29) is 0 Å². The minimum absolute atomic E-state index is 0.367. The maximum absolute atomic E-state index is 12.4. The van der Waals surface area contributed by atoms with E-state index in [0.29, 0.717) is 17.7 Å². The van der Waals surface area contributed by atoms with Crippen molar-refractivity contribution in [3.05, 3.63) is 59.7 Å². The number of esters is 2. The smallest absolute Gasteiger partial charge is 0.340 e. The van der Waals surface area contributed by atoms with Crippen LogP contribution in [0.15, 0.2) is 48.5 Å². The number of rotatable bonds is 7. The summed E-state index contributed by atoms with van der Waals surface area (Å²) in [6.45, 7) is 4.45. The Morgan fingerprint density at radius 2 is 1.62 bits per heavy atom. The molecule has 0 saturated heterocycles. The number of carbonyl (C=O) groups excluding carboxylic acids is 2. The van der Waals surface area contributed by atoms with E-state index in [4.69, 9.17) is 9.47 Å². The largest absolute Gasteiger partial charge is 0.497 e. The molecule has 0 amide bonds. The van der Waals surface area contributed by atoms with Crippen molar-refractivity contribution in [1.29, 1.82) is 0 Å². The number of benzene rings is 2. The molecule has 0 aliphatic rings. The molecule has 6 nitrogen and oxygen atoms in total. The fourth-order valence-corrected chi connectivity index (χ4v) is 2.59. The van der Waals surface area contributed by atoms with Crippen molar-refractivity contribution in [2.45, 2.75) is 20.1 Å². The third-order valence-electron chi connectivity index (χ3n) is 3.98. The molecule has 0 fully saturated rings. The normalized spacial score (nSPS) is 11.4. The number of nitrogens with zero attached hydrogens (tertiary/aromatic N) is 1. The number of carbonyl (C=O) groups is 2. The Morgan fingerprint density at radius 3 is 2.15 bits per heavy atom. The van der Waals surface area contributed by atoms with Gasteiger partial charge >= 0.3 is 11.9 Å². The summed E-state index contributed by atoms with van der Waals surface area (Å²) in [5.41, 5.74) is 1.64. The Balaban J connectivity index is 2.10. The van der Waals surface area contributed by atoms with Crippen molar-refractivity contribution in [2.75, 3.05) is 25.7 Å².